The molecule has 2 heterocycles. The van der Waals surface area contributed by atoms with E-state index in [1.807, 2.05) is 64.1 Å². The number of aliphatic hydroxyl groups excluding tert-OH is 1. The molecule has 4 aromatic rings. The van der Waals surface area contributed by atoms with Crippen LogP contribution in [0.25, 0.3) is 11.0 Å². The number of ether oxygens (including phenoxy) is 1. The van der Waals surface area contributed by atoms with Crippen LogP contribution in [-0.4, -0.2) is 44.7 Å². The van der Waals surface area contributed by atoms with Crippen molar-refractivity contribution in [1.29, 1.82) is 0 Å². The van der Waals surface area contributed by atoms with E-state index >= 15 is 0 Å². The summed E-state index contributed by atoms with van der Waals surface area (Å²) in [5.74, 6) is 1.57. The van der Waals surface area contributed by atoms with Gasteiger partial charge in [-0.05, 0) is 42.0 Å². The maximum Gasteiger partial charge on any atom is 0.223 e. The van der Waals surface area contributed by atoms with Gasteiger partial charge < -0.3 is 19.3 Å². The standard InChI is InChI=1S/C27H26ClN3O3/c28-21-10-12-23(13-11-21)34-18-22(32)17-31-25-9-5-4-8-24(25)29-27(31)20-14-26(33)30(16-20)15-19-6-2-1-3-7-19/h1-13,20,22,32H,14-18H2/t20-,22-/m0/s1. The van der Waals surface area contributed by atoms with Crippen molar-refractivity contribution in [1.82, 2.24) is 14.5 Å². The van der Waals surface area contributed by atoms with Gasteiger partial charge >= 0.3 is 0 Å². The highest BCUT2D eigenvalue weighted by molar-refractivity contribution is 6.30. The molecular formula is C27H26ClN3O3. The molecule has 0 aliphatic carbocycles. The van der Waals surface area contributed by atoms with Gasteiger partial charge in [0, 0.05) is 30.5 Å². The molecule has 0 spiro atoms. The fourth-order valence-electron chi connectivity index (χ4n) is 4.49. The summed E-state index contributed by atoms with van der Waals surface area (Å²) in [6, 6.07) is 24.9. The molecule has 7 heteroatoms. The predicted octanol–water partition coefficient (Wildman–Crippen LogP) is 4.65. The summed E-state index contributed by atoms with van der Waals surface area (Å²) >= 11 is 5.93. The van der Waals surface area contributed by atoms with E-state index in [0.717, 1.165) is 22.4 Å². The van der Waals surface area contributed by atoms with Gasteiger partial charge in [0.2, 0.25) is 5.91 Å². The second-order valence-corrected chi connectivity index (χ2v) is 9.09. The minimum atomic E-state index is -0.746. The number of likely N-dealkylation sites (tertiary alicyclic amines) is 1. The van der Waals surface area contributed by atoms with E-state index in [0.29, 0.717) is 36.8 Å². The van der Waals surface area contributed by atoms with E-state index in [1.54, 1.807) is 24.3 Å². The zero-order valence-corrected chi connectivity index (χ0v) is 19.4. The number of halogens is 1. The first-order valence-corrected chi connectivity index (χ1v) is 11.8. The van der Waals surface area contributed by atoms with E-state index in [9.17, 15) is 9.90 Å². The van der Waals surface area contributed by atoms with Crippen molar-refractivity contribution < 1.29 is 14.6 Å². The molecule has 2 atom stereocenters. The Morgan fingerprint density at radius 2 is 1.76 bits per heavy atom. The Labute approximate surface area is 203 Å². The van der Waals surface area contributed by atoms with E-state index in [2.05, 4.69) is 0 Å². The number of rotatable bonds is 8. The quantitative estimate of drug-likeness (QED) is 0.403. The zero-order valence-electron chi connectivity index (χ0n) is 18.7. The molecule has 5 rings (SSSR count). The Balaban J connectivity index is 1.33. The lowest BCUT2D eigenvalue weighted by Crippen LogP contribution is -2.26. The SMILES string of the molecule is O=C1C[C@H](c2nc3ccccc3n2C[C@H](O)COc2ccc(Cl)cc2)CN1Cc1ccccc1. The average molecular weight is 476 g/mol. The minimum absolute atomic E-state index is 0.0343. The van der Waals surface area contributed by atoms with Gasteiger partial charge in [0.05, 0.1) is 17.6 Å². The van der Waals surface area contributed by atoms with E-state index < -0.39 is 6.10 Å². The smallest absolute Gasteiger partial charge is 0.223 e. The molecule has 1 saturated heterocycles. The van der Waals surface area contributed by atoms with Crippen molar-refractivity contribution in [2.45, 2.75) is 31.5 Å². The highest BCUT2D eigenvalue weighted by Crippen LogP contribution is 2.31. The summed E-state index contributed by atoms with van der Waals surface area (Å²) < 4.78 is 7.78. The molecule has 34 heavy (non-hydrogen) atoms. The van der Waals surface area contributed by atoms with Crippen LogP contribution in [-0.2, 0) is 17.9 Å². The number of carbonyl (C=O) groups is 1. The third-order valence-electron chi connectivity index (χ3n) is 6.13. The van der Waals surface area contributed by atoms with Gasteiger partial charge in [-0.3, -0.25) is 4.79 Å². The number of fused-ring (bicyclic) bond motifs is 1. The summed E-state index contributed by atoms with van der Waals surface area (Å²) in [6.07, 6.45) is -0.336. The number of hydrogen-bond donors (Lipinski definition) is 1. The second-order valence-electron chi connectivity index (χ2n) is 8.65. The van der Waals surface area contributed by atoms with Gasteiger partial charge in [-0.25, -0.2) is 4.98 Å². The number of nitrogens with zero attached hydrogens (tertiary/aromatic N) is 3. The van der Waals surface area contributed by atoms with Crippen molar-refractivity contribution in [2.24, 2.45) is 0 Å². The van der Waals surface area contributed by atoms with Crippen LogP contribution in [0.1, 0.15) is 23.7 Å². The van der Waals surface area contributed by atoms with Gasteiger partial charge in [-0.2, -0.15) is 0 Å². The largest absolute Gasteiger partial charge is 0.491 e. The molecule has 6 nitrogen and oxygen atoms in total. The second kappa shape index (κ2) is 9.87. The molecule has 1 N–H and O–H groups in total. The molecule has 174 valence electrons. The molecule has 3 aromatic carbocycles. The Bertz CT molecular complexity index is 1270. The molecule has 1 aliphatic heterocycles. The summed E-state index contributed by atoms with van der Waals surface area (Å²) in [6.45, 7) is 1.66. The van der Waals surface area contributed by atoms with Crippen LogP contribution in [0.15, 0.2) is 78.9 Å². The van der Waals surface area contributed by atoms with Gasteiger partial charge in [0.25, 0.3) is 0 Å². The number of hydrogen-bond acceptors (Lipinski definition) is 4. The number of benzene rings is 3. The molecule has 1 fully saturated rings. The monoisotopic (exact) mass is 475 g/mol. The van der Waals surface area contributed by atoms with Crippen molar-refractivity contribution in [2.75, 3.05) is 13.2 Å². The Morgan fingerprint density at radius 1 is 1.03 bits per heavy atom. The first kappa shape index (κ1) is 22.4. The first-order valence-electron chi connectivity index (χ1n) is 11.4. The highest BCUT2D eigenvalue weighted by Gasteiger charge is 2.34. The lowest BCUT2D eigenvalue weighted by atomic mass is 10.1. The average Bonchev–Trinajstić information content (AvgIpc) is 3.39. The molecule has 1 amide bonds. The van der Waals surface area contributed by atoms with Crippen LogP contribution in [0.5, 0.6) is 5.75 Å². The minimum Gasteiger partial charge on any atom is -0.491 e. The Hall–Kier alpha value is -3.35. The van der Waals surface area contributed by atoms with Crippen molar-refractivity contribution >= 4 is 28.5 Å². The lowest BCUT2D eigenvalue weighted by molar-refractivity contribution is -0.128. The Morgan fingerprint density at radius 3 is 2.56 bits per heavy atom. The number of para-hydroxylation sites is 2. The van der Waals surface area contributed by atoms with Gasteiger partial charge in [-0.15, -0.1) is 0 Å². The van der Waals surface area contributed by atoms with E-state index in [1.165, 1.54) is 0 Å². The van der Waals surface area contributed by atoms with Crippen molar-refractivity contribution in [3.05, 3.63) is 95.3 Å². The summed E-state index contributed by atoms with van der Waals surface area (Å²) in [7, 11) is 0. The number of aliphatic hydroxyl groups is 1. The molecular weight excluding hydrogens is 450 g/mol. The molecule has 0 saturated carbocycles. The van der Waals surface area contributed by atoms with Gasteiger partial charge in [0.15, 0.2) is 0 Å². The maximum atomic E-state index is 12.8. The summed E-state index contributed by atoms with van der Waals surface area (Å²) in [5, 5.41) is 11.4. The Kier molecular flexibility index (Phi) is 6.52. The number of imidazole rings is 1. The van der Waals surface area contributed by atoms with Crippen LogP contribution >= 0.6 is 11.6 Å². The summed E-state index contributed by atoms with van der Waals surface area (Å²) in [5.41, 5.74) is 2.91. The molecule has 1 aromatic heterocycles. The number of carbonyl (C=O) groups excluding carboxylic acids is 1. The van der Waals surface area contributed by atoms with Gasteiger partial charge in [-0.1, -0.05) is 54.1 Å². The number of amides is 1. The highest BCUT2D eigenvalue weighted by atomic mass is 35.5. The van der Waals surface area contributed by atoms with Crippen LogP contribution in [0.2, 0.25) is 5.02 Å². The topological polar surface area (TPSA) is 67.6 Å². The normalized spacial score (nSPS) is 16.8. The molecule has 1 aliphatic rings. The van der Waals surface area contributed by atoms with Crippen LogP contribution < -0.4 is 4.74 Å². The van der Waals surface area contributed by atoms with Crippen LogP contribution in [0.3, 0.4) is 0 Å². The van der Waals surface area contributed by atoms with E-state index in [4.69, 9.17) is 21.3 Å². The van der Waals surface area contributed by atoms with Crippen LogP contribution in [0.4, 0.5) is 0 Å². The molecule has 0 bridgehead atoms. The zero-order chi connectivity index (χ0) is 23.5. The summed E-state index contributed by atoms with van der Waals surface area (Å²) in [4.78, 5) is 19.6. The van der Waals surface area contributed by atoms with Gasteiger partial charge in [0.1, 0.15) is 24.3 Å². The third-order valence-corrected chi connectivity index (χ3v) is 6.38. The van der Waals surface area contributed by atoms with E-state index in [-0.39, 0.29) is 18.4 Å². The molecule has 0 unspecified atom stereocenters. The fourth-order valence-corrected chi connectivity index (χ4v) is 4.61. The molecule has 0 radical (unpaired) electrons. The lowest BCUT2D eigenvalue weighted by Gasteiger charge is -2.19. The number of aromatic nitrogens is 2. The van der Waals surface area contributed by atoms with Crippen LogP contribution in [0, 0.1) is 0 Å². The predicted molar refractivity (Wildman–Crippen MR) is 132 cm³/mol. The van der Waals surface area contributed by atoms with Crippen molar-refractivity contribution in [3.63, 3.8) is 0 Å². The van der Waals surface area contributed by atoms with Crippen molar-refractivity contribution in [3.8, 4) is 5.75 Å². The first-order chi connectivity index (χ1) is 16.6. The maximum absolute atomic E-state index is 12.8. The third kappa shape index (κ3) is 4.93. The fraction of sp³-hybridized carbons (Fsp3) is 0.259.